The predicted molar refractivity (Wildman–Crippen MR) is 91.8 cm³/mol. The van der Waals surface area contributed by atoms with Gasteiger partial charge in [0.15, 0.2) is 0 Å². The molecule has 3 nitrogen and oxygen atoms in total. The van der Waals surface area contributed by atoms with Gasteiger partial charge in [0, 0.05) is 18.2 Å². The summed E-state index contributed by atoms with van der Waals surface area (Å²) in [4.78, 5) is 6.32. The molecule has 0 amide bonds. The molecule has 2 bridgehead atoms. The smallest absolute Gasteiger partial charge is 0.147 e. The number of hydrogen-bond acceptors (Lipinski definition) is 3. The third kappa shape index (κ3) is 2.17. The van der Waals surface area contributed by atoms with Crippen molar-refractivity contribution in [2.75, 3.05) is 4.90 Å². The van der Waals surface area contributed by atoms with Crippen molar-refractivity contribution < 1.29 is 4.74 Å². The molecule has 3 aliphatic heterocycles. The molecular weight excluding hydrogens is 331 g/mol. The fraction of sp³-hybridized carbons (Fsp3) is 0.500. The highest BCUT2D eigenvalue weighted by molar-refractivity contribution is 6.41. The van der Waals surface area contributed by atoms with Gasteiger partial charge >= 0.3 is 0 Å². The minimum Gasteiger partial charge on any atom is -0.374 e. The Hall–Kier alpha value is -1.03. The van der Waals surface area contributed by atoms with E-state index in [-0.39, 0.29) is 6.04 Å². The van der Waals surface area contributed by atoms with Crippen molar-refractivity contribution in [3.8, 4) is 0 Å². The standard InChI is InChI=1S/C18H18Cl2N2O/c1-9-4-10(12-7-16-13-6-14(13)17(12)23-16)2-3-22(9)11-5-15(19)18(20)21-8-11/h2-5,8-9,12-14,16-17H,6-7H2,1H3/t9?,12-,13+,14-,16+,17+/m0/s1. The minimum atomic E-state index is 0.267. The minimum absolute atomic E-state index is 0.267. The maximum Gasteiger partial charge on any atom is 0.147 e. The normalized spacial score (nSPS) is 40.3. The van der Waals surface area contributed by atoms with Crippen molar-refractivity contribution >= 4 is 28.9 Å². The summed E-state index contributed by atoms with van der Waals surface area (Å²) in [6.07, 6.45) is 12.1. The lowest BCUT2D eigenvalue weighted by Crippen LogP contribution is -2.31. The molecule has 5 heteroatoms. The Morgan fingerprint density at radius 1 is 1.26 bits per heavy atom. The van der Waals surface area contributed by atoms with E-state index < -0.39 is 0 Å². The number of rotatable bonds is 2. The monoisotopic (exact) mass is 348 g/mol. The molecule has 23 heavy (non-hydrogen) atoms. The van der Waals surface area contributed by atoms with Crippen molar-refractivity contribution in [1.29, 1.82) is 0 Å². The van der Waals surface area contributed by atoms with Crippen LogP contribution in [0.15, 0.2) is 36.2 Å². The third-order valence-corrected chi connectivity index (χ3v) is 6.50. The van der Waals surface area contributed by atoms with Gasteiger partial charge in [-0.15, -0.1) is 0 Å². The zero-order valence-corrected chi connectivity index (χ0v) is 14.3. The second kappa shape index (κ2) is 4.98. The van der Waals surface area contributed by atoms with Gasteiger partial charge in [-0.3, -0.25) is 0 Å². The van der Waals surface area contributed by atoms with Crippen LogP contribution in [0.3, 0.4) is 0 Å². The highest BCUT2D eigenvalue weighted by Gasteiger charge is 2.63. The summed E-state index contributed by atoms with van der Waals surface area (Å²) in [7, 11) is 0. The van der Waals surface area contributed by atoms with Crippen molar-refractivity contribution in [1.82, 2.24) is 4.98 Å². The Morgan fingerprint density at radius 2 is 2.13 bits per heavy atom. The number of ether oxygens (including phenoxy) is 1. The molecular formula is C18H18Cl2N2O. The number of allylic oxidation sites excluding steroid dienone is 1. The van der Waals surface area contributed by atoms with Crippen LogP contribution in [0.25, 0.3) is 0 Å². The Kier molecular flexibility index (Phi) is 3.10. The summed E-state index contributed by atoms with van der Waals surface area (Å²) < 4.78 is 6.15. The van der Waals surface area contributed by atoms with Gasteiger partial charge in [-0.05, 0) is 49.3 Å². The molecule has 4 aliphatic rings. The molecule has 0 N–H and O–H groups in total. The topological polar surface area (TPSA) is 25.4 Å². The number of aromatic nitrogens is 1. The molecule has 4 heterocycles. The fourth-order valence-corrected chi connectivity index (χ4v) is 4.88. The largest absolute Gasteiger partial charge is 0.374 e. The molecule has 1 aromatic rings. The Morgan fingerprint density at radius 3 is 2.83 bits per heavy atom. The maximum atomic E-state index is 6.15. The predicted octanol–water partition coefficient (Wildman–Crippen LogP) is 4.46. The van der Waals surface area contributed by atoms with E-state index in [0.717, 1.165) is 17.5 Å². The van der Waals surface area contributed by atoms with Gasteiger partial charge in [0.25, 0.3) is 0 Å². The summed E-state index contributed by atoms with van der Waals surface area (Å²) >= 11 is 12.0. The van der Waals surface area contributed by atoms with Gasteiger partial charge in [0.1, 0.15) is 5.15 Å². The van der Waals surface area contributed by atoms with Crippen LogP contribution >= 0.6 is 23.2 Å². The van der Waals surface area contributed by atoms with Gasteiger partial charge < -0.3 is 9.64 Å². The second-order valence-corrected chi connectivity index (χ2v) is 7.91. The first-order valence-electron chi connectivity index (χ1n) is 8.26. The number of nitrogens with zero attached hydrogens (tertiary/aromatic N) is 2. The first-order chi connectivity index (χ1) is 11.1. The Balaban J connectivity index is 1.38. The Labute approximate surface area is 145 Å². The van der Waals surface area contributed by atoms with E-state index in [0.29, 0.717) is 28.3 Å². The molecule has 0 radical (unpaired) electrons. The SMILES string of the molecule is CC1C=C([C@@H]2C[C@H]3O[C@H]2[C@H]2C[C@H]23)C=CN1c1cnc(Cl)c(Cl)c1. The average molecular weight is 349 g/mol. The molecule has 3 fully saturated rings. The molecule has 1 unspecified atom stereocenters. The first-order valence-corrected chi connectivity index (χ1v) is 9.02. The zero-order chi connectivity index (χ0) is 15.7. The van der Waals surface area contributed by atoms with E-state index in [9.17, 15) is 0 Å². The second-order valence-electron chi connectivity index (χ2n) is 7.14. The van der Waals surface area contributed by atoms with Crippen LogP contribution in [-0.4, -0.2) is 23.2 Å². The van der Waals surface area contributed by atoms with E-state index in [2.05, 4.69) is 35.2 Å². The van der Waals surface area contributed by atoms with E-state index >= 15 is 0 Å². The lowest BCUT2D eigenvalue weighted by Gasteiger charge is -2.32. The molecule has 1 saturated carbocycles. The van der Waals surface area contributed by atoms with Crippen LogP contribution in [0.5, 0.6) is 0 Å². The average Bonchev–Trinajstić information content (AvgIpc) is 3.14. The van der Waals surface area contributed by atoms with Crippen molar-refractivity contribution in [2.45, 2.75) is 38.0 Å². The maximum absolute atomic E-state index is 6.15. The molecule has 120 valence electrons. The van der Waals surface area contributed by atoms with Gasteiger partial charge in [-0.25, -0.2) is 4.98 Å². The van der Waals surface area contributed by atoms with Crippen molar-refractivity contribution in [3.63, 3.8) is 0 Å². The van der Waals surface area contributed by atoms with Crippen LogP contribution in [0.2, 0.25) is 10.2 Å². The van der Waals surface area contributed by atoms with Crippen LogP contribution in [0.4, 0.5) is 5.69 Å². The van der Waals surface area contributed by atoms with Gasteiger partial charge in [0.05, 0.1) is 29.1 Å². The van der Waals surface area contributed by atoms with E-state index in [1.54, 1.807) is 6.20 Å². The van der Waals surface area contributed by atoms with Crippen LogP contribution in [0, 0.1) is 17.8 Å². The number of fused-ring (bicyclic) bond motifs is 5. The van der Waals surface area contributed by atoms with Gasteiger partial charge in [-0.1, -0.05) is 29.3 Å². The summed E-state index contributed by atoms with van der Waals surface area (Å²) in [5, 5.41) is 0.833. The lowest BCUT2D eigenvalue weighted by atomic mass is 9.82. The van der Waals surface area contributed by atoms with E-state index in [1.807, 2.05) is 6.07 Å². The molecule has 1 aliphatic carbocycles. The molecule has 0 aromatic carbocycles. The molecule has 6 atom stereocenters. The fourth-order valence-electron chi connectivity index (χ4n) is 4.62. The quantitative estimate of drug-likeness (QED) is 0.737. The molecule has 1 aromatic heterocycles. The molecule has 0 spiro atoms. The number of anilines is 1. The number of pyridine rings is 1. The third-order valence-electron chi connectivity index (χ3n) is 5.81. The number of hydrogen-bond donors (Lipinski definition) is 0. The summed E-state index contributed by atoms with van der Waals surface area (Å²) in [6, 6.07) is 2.13. The molecule has 2 saturated heterocycles. The summed E-state index contributed by atoms with van der Waals surface area (Å²) in [6.45, 7) is 2.19. The zero-order valence-electron chi connectivity index (χ0n) is 12.8. The highest BCUT2D eigenvalue weighted by atomic mass is 35.5. The Bertz CT molecular complexity index is 732. The van der Waals surface area contributed by atoms with Gasteiger partial charge in [0.2, 0.25) is 0 Å². The van der Waals surface area contributed by atoms with E-state index in [4.69, 9.17) is 27.9 Å². The van der Waals surface area contributed by atoms with Gasteiger partial charge in [-0.2, -0.15) is 0 Å². The van der Waals surface area contributed by atoms with Crippen LogP contribution < -0.4 is 4.90 Å². The summed E-state index contributed by atoms with van der Waals surface area (Å²) in [5.74, 6) is 2.29. The summed E-state index contributed by atoms with van der Waals surface area (Å²) in [5.41, 5.74) is 2.39. The van der Waals surface area contributed by atoms with Crippen LogP contribution in [0.1, 0.15) is 19.8 Å². The van der Waals surface area contributed by atoms with E-state index in [1.165, 1.54) is 18.4 Å². The lowest BCUT2D eigenvalue weighted by molar-refractivity contribution is 0.0652. The number of halogens is 2. The van der Waals surface area contributed by atoms with Crippen molar-refractivity contribution in [3.05, 3.63) is 46.4 Å². The highest BCUT2D eigenvalue weighted by Crippen LogP contribution is 2.62. The van der Waals surface area contributed by atoms with Crippen molar-refractivity contribution in [2.24, 2.45) is 17.8 Å². The first kappa shape index (κ1) is 14.3. The molecule has 5 rings (SSSR count). The van der Waals surface area contributed by atoms with Crippen LogP contribution in [-0.2, 0) is 4.74 Å².